The van der Waals surface area contributed by atoms with E-state index in [9.17, 15) is 0 Å². The molecule has 0 saturated carbocycles. The molecular weight excluding hydrogens is 654 g/mol. The minimum Gasteiger partial charge on any atom is -0.341 e. The fourth-order valence-corrected chi connectivity index (χ4v) is 14.4. The number of para-hydroxylation sites is 2. The quantitative estimate of drug-likeness (QED) is 0.167. The summed E-state index contributed by atoms with van der Waals surface area (Å²) in [5.41, 5.74) is 4.97. The fraction of sp³-hybridized carbons (Fsp3) is 0.0638. The van der Waals surface area contributed by atoms with Crippen molar-refractivity contribution in [2.24, 2.45) is 0 Å². The number of nitrogens with zero attached hydrogens (tertiary/aromatic N) is 2. The zero-order valence-electron chi connectivity index (χ0n) is 29.1. The molecule has 8 aromatic rings. The van der Waals surface area contributed by atoms with Crippen LogP contribution in [0.15, 0.2) is 182 Å². The molecule has 0 aromatic heterocycles. The molecule has 0 fully saturated rings. The van der Waals surface area contributed by atoms with Crippen molar-refractivity contribution < 1.29 is 0 Å². The van der Waals surface area contributed by atoms with E-state index in [2.05, 4.69) is 213 Å². The van der Waals surface area contributed by atoms with E-state index in [0.717, 1.165) is 0 Å². The molecule has 9 rings (SSSR count). The molecule has 0 saturated heterocycles. The Balaban J connectivity index is 1.47. The van der Waals surface area contributed by atoms with Crippen molar-refractivity contribution in [1.82, 2.24) is 0 Å². The van der Waals surface area contributed by atoms with E-state index in [4.69, 9.17) is 0 Å². The largest absolute Gasteiger partial charge is 0.341 e. The van der Waals surface area contributed by atoms with Crippen molar-refractivity contribution in [3.8, 4) is 0 Å². The first-order chi connectivity index (χ1) is 25.0. The molecule has 0 amide bonds. The molecule has 1 aliphatic rings. The minimum atomic E-state index is -2.25. The summed E-state index contributed by atoms with van der Waals surface area (Å²) in [6.45, 7) is 2.53. The van der Waals surface area contributed by atoms with Gasteiger partial charge >= 0.3 is 0 Å². The van der Waals surface area contributed by atoms with Crippen molar-refractivity contribution in [2.75, 3.05) is 30.6 Å². The summed E-state index contributed by atoms with van der Waals surface area (Å²) in [4.78, 5) is 4.98. The molecule has 0 aliphatic carbocycles. The van der Waals surface area contributed by atoms with Crippen molar-refractivity contribution >= 4 is 91.3 Å². The molecule has 2 unspecified atom stereocenters. The summed E-state index contributed by atoms with van der Waals surface area (Å²) in [5.74, 6) is 0. The van der Waals surface area contributed by atoms with Crippen LogP contribution in [0.5, 0.6) is 0 Å². The Bertz CT molecular complexity index is 2550. The van der Waals surface area contributed by atoms with Crippen LogP contribution in [-0.2, 0) is 0 Å². The monoisotopic (exact) mass is 693 g/mol. The lowest BCUT2D eigenvalue weighted by Gasteiger charge is -2.36. The average Bonchev–Trinajstić information content (AvgIpc) is 3.20. The summed E-state index contributed by atoms with van der Waals surface area (Å²) in [6, 6.07) is 68.2. The van der Waals surface area contributed by atoms with Gasteiger partial charge in [0.05, 0.1) is 18.0 Å². The predicted molar refractivity (Wildman–Crippen MR) is 227 cm³/mol. The number of hydrogen-bond acceptors (Lipinski definition) is 2. The highest BCUT2D eigenvalue weighted by Gasteiger charge is 2.46. The second-order valence-corrected chi connectivity index (χ2v) is 19.1. The standard InChI is InChI=1S/C47H39N2P2/c1-48-40-26-14-16-28-44(40)50(38-22-6-4-7-23-38)45-32-36-20-12-10-18-34(36)30-42(45)49(2)41-27-15-17-29-46(41)51(3,39-24-8-5-9-25-39)47-33-37-21-13-11-19-35(37)31-43(47)48/h4-33H,1-3H3/q+1. The molecule has 1 heterocycles. The van der Waals surface area contributed by atoms with Crippen LogP contribution in [-0.4, -0.2) is 20.8 Å². The molecular formula is C47H39N2P2+. The number of fused-ring (bicyclic) bond motifs is 6. The first-order valence-corrected chi connectivity index (χ1v) is 21.1. The van der Waals surface area contributed by atoms with Crippen molar-refractivity contribution in [2.45, 2.75) is 0 Å². The molecule has 2 nitrogen and oxygen atoms in total. The number of benzene rings is 8. The second kappa shape index (κ2) is 12.8. The molecule has 0 radical (unpaired) electrons. The third-order valence-corrected chi connectivity index (χ3v) is 17.1. The second-order valence-electron chi connectivity index (χ2n) is 13.5. The SMILES string of the molecule is CN1c2cc3ccccc3cc2P(c2ccccc2)c2ccccc2N(C)c2cc3ccccc3cc2[P+](C)(c2ccccc2)c2ccccc21. The van der Waals surface area contributed by atoms with Gasteiger partial charge in [0, 0.05) is 36.1 Å². The summed E-state index contributed by atoms with van der Waals surface area (Å²) in [7, 11) is 1.34. The highest BCUT2D eigenvalue weighted by Crippen LogP contribution is 2.57. The van der Waals surface area contributed by atoms with Gasteiger partial charge in [-0.05, 0) is 89.4 Å². The Morgan fingerprint density at radius 1 is 0.392 bits per heavy atom. The zero-order valence-corrected chi connectivity index (χ0v) is 30.9. The Morgan fingerprint density at radius 2 is 0.882 bits per heavy atom. The van der Waals surface area contributed by atoms with Crippen LogP contribution in [0.3, 0.4) is 0 Å². The normalized spacial score (nSPS) is 17.1. The number of anilines is 4. The maximum Gasteiger partial charge on any atom is 0.128 e. The van der Waals surface area contributed by atoms with Gasteiger partial charge in [0.15, 0.2) is 0 Å². The molecule has 8 aromatic carbocycles. The predicted octanol–water partition coefficient (Wildman–Crippen LogP) is 9.52. The van der Waals surface area contributed by atoms with Crippen molar-refractivity contribution in [3.63, 3.8) is 0 Å². The molecule has 4 heteroatoms. The van der Waals surface area contributed by atoms with Gasteiger partial charge in [-0.25, -0.2) is 0 Å². The third-order valence-electron chi connectivity index (χ3n) is 10.6. The minimum absolute atomic E-state index is 0.973. The summed E-state index contributed by atoms with van der Waals surface area (Å²) >= 11 is 0. The lowest BCUT2D eigenvalue weighted by molar-refractivity contribution is 1.22. The van der Waals surface area contributed by atoms with E-state index >= 15 is 0 Å². The Labute approximate surface area is 302 Å². The van der Waals surface area contributed by atoms with Gasteiger partial charge in [0.2, 0.25) is 0 Å². The first kappa shape index (κ1) is 31.7. The lowest BCUT2D eigenvalue weighted by Crippen LogP contribution is -2.38. The van der Waals surface area contributed by atoms with Gasteiger partial charge in [-0.1, -0.05) is 127 Å². The Kier molecular flexibility index (Phi) is 7.96. The van der Waals surface area contributed by atoms with E-state index in [1.54, 1.807) is 0 Å². The van der Waals surface area contributed by atoms with Crippen molar-refractivity contribution in [3.05, 3.63) is 182 Å². The van der Waals surface area contributed by atoms with Gasteiger partial charge < -0.3 is 9.80 Å². The molecule has 246 valence electrons. The fourth-order valence-electron chi connectivity index (χ4n) is 7.95. The molecule has 2 atom stereocenters. The smallest absolute Gasteiger partial charge is 0.128 e. The molecule has 0 spiro atoms. The first-order valence-electron chi connectivity index (χ1n) is 17.5. The van der Waals surface area contributed by atoms with Crippen molar-refractivity contribution in [1.29, 1.82) is 0 Å². The van der Waals surface area contributed by atoms with Crippen LogP contribution in [0.1, 0.15) is 0 Å². The molecule has 51 heavy (non-hydrogen) atoms. The maximum atomic E-state index is 2.53. The molecule has 0 bridgehead atoms. The van der Waals surface area contributed by atoms with Crippen LogP contribution in [0.2, 0.25) is 0 Å². The number of rotatable bonds is 2. The Morgan fingerprint density at radius 3 is 1.57 bits per heavy atom. The maximum absolute atomic E-state index is 2.53. The summed E-state index contributed by atoms with van der Waals surface area (Å²) < 4.78 is 0. The molecule has 0 N–H and O–H groups in total. The van der Waals surface area contributed by atoms with E-state index in [0.29, 0.717) is 0 Å². The zero-order chi connectivity index (χ0) is 34.5. The van der Waals surface area contributed by atoms with E-state index in [1.165, 1.54) is 76.1 Å². The average molecular weight is 694 g/mol. The summed E-state index contributed by atoms with van der Waals surface area (Å²) in [6.07, 6.45) is 0. The summed E-state index contributed by atoms with van der Waals surface area (Å²) in [5, 5.41) is 13.2. The van der Waals surface area contributed by atoms with E-state index in [1.807, 2.05) is 0 Å². The van der Waals surface area contributed by atoms with Gasteiger partial charge in [-0.15, -0.1) is 0 Å². The topological polar surface area (TPSA) is 6.48 Å². The van der Waals surface area contributed by atoms with Gasteiger partial charge in [0.1, 0.15) is 23.2 Å². The van der Waals surface area contributed by atoms with Gasteiger partial charge in [0.25, 0.3) is 0 Å². The van der Waals surface area contributed by atoms with Gasteiger partial charge in [-0.3, -0.25) is 0 Å². The van der Waals surface area contributed by atoms with Crippen LogP contribution >= 0.6 is 15.2 Å². The highest BCUT2D eigenvalue weighted by atomic mass is 31.2. The third kappa shape index (κ3) is 5.25. The van der Waals surface area contributed by atoms with Gasteiger partial charge in [-0.2, -0.15) is 0 Å². The van der Waals surface area contributed by atoms with E-state index in [-0.39, 0.29) is 0 Å². The molecule has 1 aliphatic heterocycles. The number of hydrogen-bond donors (Lipinski definition) is 0. The Hall–Kier alpha value is -5.26. The highest BCUT2D eigenvalue weighted by molar-refractivity contribution is 7.95. The van der Waals surface area contributed by atoms with Crippen LogP contribution in [0.25, 0.3) is 21.5 Å². The van der Waals surface area contributed by atoms with Crippen LogP contribution in [0.4, 0.5) is 22.7 Å². The van der Waals surface area contributed by atoms with Crippen LogP contribution < -0.4 is 41.6 Å². The van der Waals surface area contributed by atoms with E-state index < -0.39 is 15.2 Å². The lowest BCUT2D eigenvalue weighted by atomic mass is 10.1. The van der Waals surface area contributed by atoms with Crippen LogP contribution in [0, 0.1) is 0 Å².